The van der Waals surface area contributed by atoms with E-state index in [1.807, 2.05) is 0 Å². The lowest BCUT2D eigenvalue weighted by Crippen LogP contribution is -2.17. The normalized spacial score (nSPS) is 12.7. The summed E-state index contributed by atoms with van der Waals surface area (Å²) in [7, 11) is 0. The van der Waals surface area contributed by atoms with Crippen LogP contribution in [0.1, 0.15) is 25.0 Å². The van der Waals surface area contributed by atoms with Crippen molar-refractivity contribution in [2.45, 2.75) is 19.3 Å². The molecule has 1 aromatic heterocycles. The van der Waals surface area contributed by atoms with Gasteiger partial charge in [0, 0.05) is 38.9 Å². The zero-order chi connectivity index (χ0) is 42.1. The van der Waals surface area contributed by atoms with Crippen molar-refractivity contribution in [2.75, 3.05) is 4.90 Å². The van der Waals surface area contributed by atoms with Crippen molar-refractivity contribution >= 4 is 49.6 Å². The molecule has 0 atom stereocenters. The largest absolute Gasteiger partial charge is 0.310 e. The van der Waals surface area contributed by atoms with E-state index in [-0.39, 0.29) is 5.41 Å². The molecule has 0 fully saturated rings. The predicted octanol–water partition coefficient (Wildman–Crippen LogP) is 16.7. The molecule has 63 heavy (non-hydrogen) atoms. The van der Waals surface area contributed by atoms with Gasteiger partial charge >= 0.3 is 0 Å². The molecule has 12 rings (SSSR count). The summed E-state index contributed by atoms with van der Waals surface area (Å²) >= 11 is 0. The topological polar surface area (TPSA) is 8.17 Å². The molecule has 0 amide bonds. The Morgan fingerprint density at radius 3 is 1.59 bits per heavy atom. The number of hydrogen-bond acceptors (Lipinski definition) is 1. The van der Waals surface area contributed by atoms with Crippen LogP contribution in [0.2, 0.25) is 0 Å². The molecule has 1 heterocycles. The highest BCUT2D eigenvalue weighted by molar-refractivity contribution is 6.13. The molecule has 11 aromatic rings. The number of rotatable bonds is 7. The van der Waals surface area contributed by atoms with Gasteiger partial charge in [0.05, 0.1) is 11.0 Å². The number of benzene rings is 10. The summed E-state index contributed by atoms with van der Waals surface area (Å²) in [4.78, 5) is 2.42. The standard InChI is InChI=1S/C61H44N2/c1-61(2)57-39-47(31-34-52(57)53-35-32-48(40-58(53)61)63-59-29-17-16-28-54(59)56-36-43-22-12-13-23-44(43)37-60(56)63)62(45-24-10-5-11-25-45)46-30-33-51(55(38-46)42-20-8-4-9-21-42)50-27-15-14-26-49(50)41-18-6-3-7-19-41/h3-40H,1-2H3. The lowest BCUT2D eigenvalue weighted by molar-refractivity contribution is 0.660. The second kappa shape index (κ2) is 14.6. The number of aromatic nitrogens is 1. The first kappa shape index (κ1) is 36.9. The molecule has 0 saturated carbocycles. The molecule has 2 nitrogen and oxygen atoms in total. The second-order valence-corrected chi connectivity index (χ2v) is 17.3. The Morgan fingerprint density at radius 1 is 0.333 bits per heavy atom. The molecule has 0 saturated heterocycles. The Balaban J connectivity index is 0.994. The van der Waals surface area contributed by atoms with E-state index in [0.717, 1.165) is 17.1 Å². The van der Waals surface area contributed by atoms with Gasteiger partial charge in [0.2, 0.25) is 0 Å². The van der Waals surface area contributed by atoms with Gasteiger partial charge in [0.1, 0.15) is 0 Å². The molecule has 0 unspecified atom stereocenters. The number of nitrogens with zero attached hydrogens (tertiary/aromatic N) is 2. The van der Waals surface area contributed by atoms with Crippen LogP contribution >= 0.6 is 0 Å². The first-order chi connectivity index (χ1) is 31.0. The van der Waals surface area contributed by atoms with Crippen LogP contribution in [0.5, 0.6) is 0 Å². The van der Waals surface area contributed by atoms with Crippen molar-refractivity contribution in [3.05, 3.63) is 242 Å². The fourth-order valence-electron chi connectivity index (χ4n) is 10.3. The zero-order valence-corrected chi connectivity index (χ0v) is 35.3. The third-order valence-electron chi connectivity index (χ3n) is 13.4. The Hall–Kier alpha value is -7.94. The van der Waals surface area contributed by atoms with E-state index < -0.39 is 0 Å². The fraction of sp³-hybridized carbons (Fsp3) is 0.0492. The van der Waals surface area contributed by atoms with Gasteiger partial charge in [0.25, 0.3) is 0 Å². The highest BCUT2D eigenvalue weighted by Crippen LogP contribution is 2.52. The van der Waals surface area contributed by atoms with Gasteiger partial charge in [-0.3, -0.25) is 0 Å². The molecule has 0 aliphatic heterocycles. The van der Waals surface area contributed by atoms with Gasteiger partial charge < -0.3 is 9.47 Å². The van der Waals surface area contributed by atoms with E-state index in [1.165, 1.54) is 93.9 Å². The van der Waals surface area contributed by atoms with E-state index in [4.69, 9.17) is 0 Å². The first-order valence-corrected chi connectivity index (χ1v) is 21.9. The van der Waals surface area contributed by atoms with Gasteiger partial charge in [-0.1, -0.05) is 178 Å². The van der Waals surface area contributed by atoms with Gasteiger partial charge in [-0.05, 0) is 133 Å². The zero-order valence-electron chi connectivity index (χ0n) is 35.3. The van der Waals surface area contributed by atoms with Crippen LogP contribution in [0.4, 0.5) is 17.1 Å². The van der Waals surface area contributed by atoms with Gasteiger partial charge in [0.15, 0.2) is 0 Å². The number of para-hydroxylation sites is 2. The van der Waals surface area contributed by atoms with Crippen molar-refractivity contribution in [1.82, 2.24) is 4.57 Å². The van der Waals surface area contributed by atoms with E-state index in [1.54, 1.807) is 0 Å². The molecule has 2 heteroatoms. The maximum atomic E-state index is 2.46. The average Bonchev–Trinajstić information content (AvgIpc) is 3.78. The van der Waals surface area contributed by atoms with E-state index in [0.29, 0.717) is 0 Å². The summed E-state index contributed by atoms with van der Waals surface area (Å²) in [6.45, 7) is 4.79. The van der Waals surface area contributed by atoms with E-state index >= 15 is 0 Å². The average molecular weight is 805 g/mol. The molecule has 0 N–H and O–H groups in total. The molecular weight excluding hydrogens is 761 g/mol. The molecule has 10 aromatic carbocycles. The van der Waals surface area contributed by atoms with Crippen molar-refractivity contribution in [2.24, 2.45) is 0 Å². The van der Waals surface area contributed by atoms with Gasteiger partial charge in [-0.25, -0.2) is 0 Å². The van der Waals surface area contributed by atoms with Crippen LogP contribution < -0.4 is 4.90 Å². The predicted molar refractivity (Wildman–Crippen MR) is 267 cm³/mol. The fourth-order valence-corrected chi connectivity index (χ4v) is 10.3. The highest BCUT2D eigenvalue weighted by atomic mass is 15.1. The summed E-state index contributed by atoms with van der Waals surface area (Å²) < 4.78 is 2.46. The van der Waals surface area contributed by atoms with Crippen LogP contribution in [-0.4, -0.2) is 4.57 Å². The summed E-state index contributed by atoms with van der Waals surface area (Å²) in [5, 5.41) is 5.07. The van der Waals surface area contributed by atoms with Crippen molar-refractivity contribution in [1.29, 1.82) is 0 Å². The molecular formula is C61H44N2. The molecule has 0 radical (unpaired) electrons. The van der Waals surface area contributed by atoms with E-state index in [2.05, 4.69) is 254 Å². The minimum absolute atomic E-state index is 0.245. The van der Waals surface area contributed by atoms with Crippen molar-refractivity contribution < 1.29 is 0 Å². The maximum Gasteiger partial charge on any atom is 0.0547 e. The number of hydrogen-bond donors (Lipinski definition) is 0. The minimum atomic E-state index is -0.245. The molecule has 0 bridgehead atoms. The maximum absolute atomic E-state index is 2.46. The lowest BCUT2D eigenvalue weighted by Gasteiger charge is -2.29. The third-order valence-corrected chi connectivity index (χ3v) is 13.4. The van der Waals surface area contributed by atoms with Crippen LogP contribution in [0.3, 0.4) is 0 Å². The summed E-state index contributed by atoms with van der Waals surface area (Å²) in [5.41, 5.74) is 19.2. The van der Waals surface area contributed by atoms with Crippen LogP contribution in [0, 0.1) is 0 Å². The summed E-state index contributed by atoms with van der Waals surface area (Å²) in [5.74, 6) is 0. The Bertz CT molecular complexity index is 3520. The monoisotopic (exact) mass is 804 g/mol. The minimum Gasteiger partial charge on any atom is -0.310 e. The van der Waals surface area contributed by atoms with Crippen LogP contribution in [0.15, 0.2) is 231 Å². The summed E-state index contributed by atoms with van der Waals surface area (Å²) in [6.07, 6.45) is 0. The molecule has 0 spiro atoms. The van der Waals surface area contributed by atoms with Crippen molar-refractivity contribution in [3.8, 4) is 50.2 Å². The lowest BCUT2D eigenvalue weighted by atomic mass is 9.82. The Labute approximate surface area is 368 Å². The summed E-state index contributed by atoms with van der Waals surface area (Å²) in [6, 6.07) is 84.6. The third kappa shape index (κ3) is 6.02. The first-order valence-electron chi connectivity index (χ1n) is 21.9. The molecule has 1 aliphatic carbocycles. The van der Waals surface area contributed by atoms with Gasteiger partial charge in [-0.2, -0.15) is 0 Å². The van der Waals surface area contributed by atoms with Crippen molar-refractivity contribution in [3.63, 3.8) is 0 Å². The Kier molecular flexibility index (Phi) is 8.55. The van der Waals surface area contributed by atoms with Gasteiger partial charge in [-0.15, -0.1) is 0 Å². The Morgan fingerprint density at radius 2 is 0.857 bits per heavy atom. The quantitative estimate of drug-likeness (QED) is 0.156. The number of anilines is 3. The SMILES string of the molecule is CC1(C)c2cc(N(c3ccccc3)c3ccc(-c4ccccc4-c4ccccc4)c(-c4ccccc4)c3)ccc2-c2ccc(-n3c4ccccc4c4cc5ccccc5cc43)cc21. The number of fused-ring (bicyclic) bond motifs is 7. The second-order valence-electron chi connectivity index (χ2n) is 17.3. The smallest absolute Gasteiger partial charge is 0.0547 e. The highest BCUT2D eigenvalue weighted by Gasteiger charge is 2.37. The molecule has 298 valence electrons. The van der Waals surface area contributed by atoms with Crippen LogP contribution in [-0.2, 0) is 5.41 Å². The molecule has 1 aliphatic rings. The van der Waals surface area contributed by atoms with E-state index in [9.17, 15) is 0 Å². The van der Waals surface area contributed by atoms with Crippen LogP contribution in [0.25, 0.3) is 82.8 Å².